The lowest BCUT2D eigenvalue weighted by molar-refractivity contribution is -0.119. The van der Waals surface area contributed by atoms with Crippen molar-refractivity contribution in [3.8, 4) is 0 Å². The molecule has 0 aliphatic rings. The van der Waals surface area contributed by atoms with Crippen molar-refractivity contribution in [1.29, 1.82) is 0 Å². The second-order valence-corrected chi connectivity index (χ2v) is 5.16. The number of nitrogens with zero attached hydrogens (tertiary/aromatic N) is 1. The lowest BCUT2D eigenvalue weighted by Crippen LogP contribution is -2.19. The fourth-order valence-corrected chi connectivity index (χ4v) is 2.14. The van der Waals surface area contributed by atoms with Crippen LogP contribution >= 0.6 is 15.9 Å². The van der Waals surface area contributed by atoms with E-state index in [2.05, 4.69) is 31.5 Å². The molecular formula is C15H16BrN3O. The van der Waals surface area contributed by atoms with Gasteiger partial charge in [-0.3, -0.25) is 4.79 Å². The van der Waals surface area contributed by atoms with Crippen molar-refractivity contribution in [2.75, 3.05) is 12.4 Å². The highest BCUT2D eigenvalue weighted by atomic mass is 79.9. The number of nitrogens with one attached hydrogen (secondary N) is 2. The molecule has 5 heteroatoms. The van der Waals surface area contributed by atoms with E-state index in [4.69, 9.17) is 0 Å². The molecule has 4 nitrogen and oxygen atoms in total. The van der Waals surface area contributed by atoms with Gasteiger partial charge in [0.1, 0.15) is 4.60 Å². The van der Waals surface area contributed by atoms with E-state index in [0.717, 1.165) is 21.5 Å². The van der Waals surface area contributed by atoms with Gasteiger partial charge in [-0.2, -0.15) is 0 Å². The van der Waals surface area contributed by atoms with Gasteiger partial charge in [0.05, 0.1) is 18.7 Å². The molecule has 1 amide bonds. The highest BCUT2D eigenvalue weighted by Gasteiger charge is 2.01. The van der Waals surface area contributed by atoms with Crippen molar-refractivity contribution < 1.29 is 4.79 Å². The summed E-state index contributed by atoms with van der Waals surface area (Å²) in [4.78, 5) is 15.6. The van der Waals surface area contributed by atoms with Crippen molar-refractivity contribution in [3.63, 3.8) is 0 Å². The van der Waals surface area contributed by atoms with E-state index in [-0.39, 0.29) is 5.91 Å². The molecule has 0 saturated heterocycles. The quantitative estimate of drug-likeness (QED) is 0.827. The average molecular weight is 334 g/mol. The van der Waals surface area contributed by atoms with Gasteiger partial charge >= 0.3 is 0 Å². The molecule has 0 atom stereocenters. The maximum atomic E-state index is 11.3. The lowest BCUT2D eigenvalue weighted by atomic mass is 10.1. The zero-order valence-electron chi connectivity index (χ0n) is 11.2. The summed E-state index contributed by atoms with van der Waals surface area (Å²) in [5.41, 5.74) is 2.97. The molecule has 0 saturated carbocycles. The Morgan fingerprint density at radius 1 is 1.20 bits per heavy atom. The predicted octanol–water partition coefficient (Wildman–Crippen LogP) is 2.74. The second-order valence-electron chi connectivity index (χ2n) is 4.35. The number of amides is 1. The largest absolute Gasteiger partial charge is 0.379 e. The Kier molecular flexibility index (Phi) is 5.12. The maximum absolute atomic E-state index is 11.3. The van der Waals surface area contributed by atoms with Crippen LogP contribution in [-0.4, -0.2) is 17.9 Å². The Morgan fingerprint density at radius 3 is 2.60 bits per heavy atom. The first-order valence-electron chi connectivity index (χ1n) is 6.32. The number of anilines is 1. The molecule has 0 aliphatic carbocycles. The number of hydrogen-bond donors (Lipinski definition) is 2. The zero-order valence-corrected chi connectivity index (χ0v) is 12.8. The maximum Gasteiger partial charge on any atom is 0.224 e. The van der Waals surface area contributed by atoms with Crippen LogP contribution in [0.5, 0.6) is 0 Å². The molecule has 0 bridgehead atoms. The second kappa shape index (κ2) is 7.05. The number of halogens is 1. The minimum atomic E-state index is 0.0176. The van der Waals surface area contributed by atoms with Crippen LogP contribution < -0.4 is 10.6 Å². The van der Waals surface area contributed by atoms with Gasteiger partial charge in [0.2, 0.25) is 5.91 Å². The molecule has 104 valence electrons. The van der Waals surface area contributed by atoms with Gasteiger partial charge in [-0.25, -0.2) is 4.98 Å². The lowest BCUT2D eigenvalue weighted by Gasteiger charge is -2.07. The molecule has 0 fully saturated rings. The Bertz CT molecular complexity index is 584. The van der Waals surface area contributed by atoms with E-state index in [0.29, 0.717) is 13.0 Å². The third-order valence-electron chi connectivity index (χ3n) is 2.84. The van der Waals surface area contributed by atoms with Gasteiger partial charge in [-0.1, -0.05) is 18.2 Å². The topological polar surface area (TPSA) is 54.0 Å². The first-order chi connectivity index (χ1) is 9.67. The van der Waals surface area contributed by atoms with Crippen molar-refractivity contribution in [2.24, 2.45) is 0 Å². The highest BCUT2D eigenvalue weighted by Crippen LogP contribution is 2.12. The van der Waals surface area contributed by atoms with Crippen LogP contribution in [0.3, 0.4) is 0 Å². The van der Waals surface area contributed by atoms with Crippen molar-refractivity contribution in [2.45, 2.75) is 13.0 Å². The monoisotopic (exact) mass is 333 g/mol. The van der Waals surface area contributed by atoms with Crippen LogP contribution in [-0.2, 0) is 17.8 Å². The van der Waals surface area contributed by atoms with E-state index >= 15 is 0 Å². The molecule has 20 heavy (non-hydrogen) atoms. The first-order valence-corrected chi connectivity index (χ1v) is 7.11. The number of benzene rings is 1. The molecule has 0 aliphatic heterocycles. The number of carbonyl (C=O) groups excluding carboxylic acids is 1. The van der Waals surface area contributed by atoms with E-state index in [9.17, 15) is 4.79 Å². The Balaban J connectivity index is 1.92. The van der Waals surface area contributed by atoms with Crippen LogP contribution in [0, 0.1) is 0 Å². The molecule has 2 N–H and O–H groups in total. The van der Waals surface area contributed by atoms with Gasteiger partial charge < -0.3 is 10.6 Å². The van der Waals surface area contributed by atoms with E-state index in [1.807, 2.05) is 42.5 Å². The Hall–Kier alpha value is -1.88. The normalized spacial score (nSPS) is 10.1. The molecule has 1 heterocycles. The van der Waals surface area contributed by atoms with Gasteiger partial charge in [-0.15, -0.1) is 0 Å². The summed E-state index contributed by atoms with van der Waals surface area (Å²) in [6.07, 6.45) is 0.407. The molecule has 0 spiro atoms. The zero-order chi connectivity index (χ0) is 14.4. The number of hydrogen-bond acceptors (Lipinski definition) is 3. The van der Waals surface area contributed by atoms with Crippen LogP contribution in [0.2, 0.25) is 0 Å². The first kappa shape index (κ1) is 14.5. The van der Waals surface area contributed by atoms with Crippen molar-refractivity contribution >= 4 is 27.5 Å². The smallest absolute Gasteiger partial charge is 0.224 e. The molecule has 0 unspecified atom stereocenters. The van der Waals surface area contributed by atoms with E-state index in [1.54, 1.807) is 7.05 Å². The number of carbonyl (C=O) groups is 1. The van der Waals surface area contributed by atoms with Gasteiger partial charge in [0, 0.05) is 12.7 Å². The fraction of sp³-hybridized carbons (Fsp3) is 0.200. The summed E-state index contributed by atoms with van der Waals surface area (Å²) in [7, 11) is 1.64. The molecule has 0 radical (unpaired) electrons. The standard InChI is InChI=1S/C15H16BrN3O/c1-17-15(20)9-11-5-7-12(8-6-11)18-10-13-3-2-4-14(16)19-13/h2-8,18H,9-10H2,1H3,(H,17,20). The van der Waals surface area contributed by atoms with Gasteiger partial charge in [0.15, 0.2) is 0 Å². The van der Waals surface area contributed by atoms with Gasteiger partial charge in [-0.05, 0) is 45.8 Å². The third kappa shape index (κ3) is 4.35. The predicted molar refractivity (Wildman–Crippen MR) is 83.5 cm³/mol. The van der Waals surface area contributed by atoms with Crippen LogP contribution in [0.4, 0.5) is 5.69 Å². The molecule has 1 aromatic heterocycles. The van der Waals surface area contributed by atoms with E-state index < -0.39 is 0 Å². The number of rotatable bonds is 5. The summed E-state index contributed by atoms with van der Waals surface area (Å²) in [5.74, 6) is 0.0176. The minimum absolute atomic E-state index is 0.0176. The molecular weight excluding hydrogens is 318 g/mol. The molecule has 2 aromatic rings. The minimum Gasteiger partial charge on any atom is -0.379 e. The average Bonchev–Trinajstić information content (AvgIpc) is 2.46. The summed E-state index contributed by atoms with van der Waals surface area (Å²) in [6.45, 7) is 0.661. The summed E-state index contributed by atoms with van der Waals surface area (Å²) < 4.78 is 0.831. The highest BCUT2D eigenvalue weighted by molar-refractivity contribution is 9.10. The van der Waals surface area contributed by atoms with Crippen LogP contribution in [0.25, 0.3) is 0 Å². The van der Waals surface area contributed by atoms with Crippen LogP contribution in [0.15, 0.2) is 47.1 Å². The fourth-order valence-electron chi connectivity index (χ4n) is 1.76. The number of likely N-dealkylation sites (N-methyl/N-ethyl adjacent to an activating group) is 1. The Morgan fingerprint density at radius 2 is 1.95 bits per heavy atom. The summed E-state index contributed by atoms with van der Waals surface area (Å²) in [6, 6.07) is 13.7. The third-order valence-corrected chi connectivity index (χ3v) is 3.29. The molecule has 2 rings (SSSR count). The van der Waals surface area contributed by atoms with Crippen LogP contribution in [0.1, 0.15) is 11.3 Å². The number of aromatic nitrogens is 1. The van der Waals surface area contributed by atoms with Crippen molar-refractivity contribution in [1.82, 2.24) is 10.3 Å². The van der Waals surface area contributed by atoms with E-state index in [1.165, 1.54) is 0 Å². The van der Waals surface area contributed by atoms with Gasteiger partial charge in [0.25, 0.3) is 0 Å². The summed E-state index contributed by atoms with van der Waals surface area (Å²) >= 11 is 3.35. The molecule has 1 aromatic carbocycles. The SMILES string of the molecule is CNC(=O)Cc1ccc(NCc2cccc(Br)n2)cc1. The summed E-state index contributed by atoms with van der Waals surface area (Å²) in [5, 5.41) is 5.91. The van der Waals surface area contributed by atoms with Crippen molar-refractivity contribution in [3.05, 3.63) is 58.3 Å². The Labute approximate surface area is 126 Å². The number of pyridine rings is 1.